The van der Waals surface area contributed by atoms with Crippen molar-refractivity contribution in [1.82, 2.24) is 15.6 Å². The molecule has 2 N–H and O–H groups in total. The molecule has 0 aliphatic carbocycles. The first kappa shape index (κ1) is 17.6. The fraction of sp³-hybridized carbons (Fsp3) is 0.333. The summed E-state index contributed by atoms with van der Waals surface area (Å²) >= 11 is 6.53. The standard InChI is InChI=1S/C12H14BrN3OS2.ClH/c1-14-5-2-6-15-11(17)8-7-18-12(16-8)9-3-4-10(13)19-9;/h3-4,7,14H,2,5-6H2,1H3,(H,15,17);1H. The average Bonchev–Trinajstić information content (AvgIpc) is 3.02. The molecule has 0 saturated carbocycles. The number of nitrogens with zero attached hydrogens (tertiary/aromatic N) is 1. The van der Waals surface area contributed by atoms with Gasteiger partial charge in [0, 0.05) is 11.9 Å². The normalized spacial score (nSPS) is 10.1. The van der Waals surface area contributed by atoms with Crippen LogP contribution in [0, 0.1) is 0 Å². The zero-order valence-electron chi connectivity index (χ0n) is 10.8. The number of aromatic nitrogens is 1. The summed E-state index contributed by atoms with van der Waals surface area (Å²) < 4.78 is 1.07. The summed E-state index contributed by atoms with van der Waals surface area (Å²) in [6, 6.07) is 3.99. The van der Waals surface area contributed by atoms with Crippen LogP contribution < -0.4 is 10.6 Å². The van der Waals surface area contributed by atoms with E-state index < -0.39 is 0 Å². The summed E-state index contributed by atoms with van der Waals surface area (Å²) in [6.07, 6.45) is 0.914. The van der Waals surface area contributed by atoms with E-state index in [2.05, 4.69) is 31.5 Å². The van der Waals surface area contributed by atoms with Crippen LogP contribution >= 0.6 is 51.0 Å². The zero-order chi connectivity index (χ0) is 13.7. The van der Waals surface area contributed by atoms with Crippen LogP contribution in [-0.2, 0) is 0 Å². The van der Waals surface area contributed by atoms with Crippen molar-refractivity contribution in [3.05, 3.63) is 27.0 Å². The molecule has 20 heavy (non-hydrogen) atoms. The molecule has 1 amide bonds. The van der Waals surface area contributed by atoms with Gasteiger partial charge in [-0.25, -0.2) is 4.98 Å². The van der Waals surface area contributed by atoms with E-state index in [4.69, 9.17) is 0 Å². The Morgan fingerprint density at radius 3 is 2.85 bits per heavy atom. The molecule has 0 atom stereocenters. The molecule has 2 heterocycles. The molecule has 2 rings (SSSR count). The molecule has 0 aromatic carbocycles. The Kier molecular flexibility index (Phi) is 7.68. The number of carbonyl (C=O) groups excluding carboxylic acids is 1. The van der Waals surface area contributed by atoms with Gasteiger partial charge in [-0.05, 0) is 48.1 Å². The Balaban J connectivity index is 0.00000200. The van der Waals surface area contributed by atoms with Crippen LogP contribution in [0.3, 0.4) is 0 Å². The molecule has 0 spiro atoms. The number of rotatable bonds is 6. The third-order valence-corrected chi connectivity index (χ3v) is 5.05. The number of carbonyl (C=O) groups is 1. The van der Waals surface area contributed by atoms with Crippen LogP contribution in [0.1, 0.15) is 16.9 Å². The van der Waals surface area contributed by atoms with Gasteiger partial charge in [-0.3, -0.25) is 4.79 Å². The highest BCUT2D eigenvalue weighted by Gasteiger charge is 2.12. The average molecular weight is 397 g/mol. The largest absolute Gasteiger partial charge is 0.351 e. The van der Waals surface area contributed by atoms with E-state index in [1.807, 2.05) is 19.2 Å². The van der Waals surface area contributed by atoms with E-state index in [9.17, 15) is 4.79 Å². The maximum absolute atomic E-state index is 11.9. The van der Waals surface area contributed by atoms with Gasteiger partial charge in [0.1, 0.15) is 10.7 Å². The number of hydrogen-bond donors (Lipinski definition) is 2. The lowest BCUT2D eigenvalue weighted by atomic mass is 10.4. The maximum atomic E-state index is 11.9. The monoisotopic (exact) mass is 395 g/mol. The lowest BCUT2D eigenvalue weighted by Gasteiger charge is -2.02. The van der Waals surface area contributed by atoms with Crippen molar-refractivity contribution in [1.29, 1.82) is 0 Å². The summed E-state index contributed by atoms with van der Waals surface area (Å²) in [5, 5.41) is 8.59. The minimum Gasteiger partial charge on any atom is -0.351 e. The van der Waals surface area contributed by atoms with Crippen LogP contribution in [-0.4, -0.2) is 31.0 Å². The van der Waals surface area contributed by atoms with Gasteiger partial charge in [-0.1, -0.05) is 0 Å². The minimum absolute atomic E-state index is 0. The van der Waals surface area contributed by atoms with Gasteiger partial charge in [-0.2, -0.15) is 0 Å². The van der Waals surface area contributed by atoms with Gasteiger partial charge in [0.05, 0.1) is 8.66 Å². The van der Waals surface area contributed by atoms with Crippen molar-refractivity contribution >= 4 is 56.9 Å². The molecule has 0 bridgehead atoms. The summed E-state index contributed by atoms with van der Waals surface area (Å²) in [7, 11) is 1.90. The van der Waals surface area contributed by atoms with Crippen molar-refractivity contribution < 1.29 is 4.79 Å². The Hall–Kier alpha value is -0.470. The molecule has 0 radical (unpaired) electrons. The molecule has 4 nitrogen and oxygen atoms in total. The number of hydrogen-bond acceptors (Lipinski definition) is 5. The van der Waals surface area contributed by atoms with E-state index in [0.29, 0.717) is 12.2 Å². The van der Waals surface area contributed by atoms with Crippen LogP contribution in [0.4, 0.5) is 0 Å². The van der Waals surface area contributed by atoms with Crippen molar-refractivity contribution in [3.8, 4) is 9.88 Å². The SMILES string of the molecule is CNCCCNC(=O)c1csc(-c2ccc(Br)s2)n1.Cl. The second-order valence-corrected chi connectivity index (χ2v) is 7.18. The molecule has 110 valence electrons. The topological polar surface area (TPSA) is 54.0 Å². The number of nitrogens with one attached hydrogen (secondary N) is 2. The van der Waals surface area contributed by atoms with Gasteiger partial charge in [0.15, 0.2) is 0 Å². The van der Waals surface area contributed by atoms with Gasteiger partial charge >= 0.3 is 0 Å². The van der Waals surface area contributed by atoms with E-state index in [-0.39, 0.29) is 18.3 Å². The minimum atomic E-state index is -0.103. The Morgan fingerprint density at radius 1 is 1.40 bits per heavy atom. The third-order valence-electron chi connectivity index (χ3n) is 2.41. The highest BCUT2D eigenvalue weighted by molar-refractivity contribution is 9.11. The van der Waals surface area contributed by atoms with Crippen LogP contribution in [0.2, 0.25) is 0 Å². The molecular weight excluding hydrogens is 382 g/mol. The summed E-state index contributed by atoms with van der Waals surface area (Å²) in [5.74, 6) is -0.103. The van der Waals surface area contributed by atoms with E-state index in [0.717, 1.165) is 26.6 Å². The summed E-state index contributed by atoms with van der Waals surface area (Å²) in [4.78, 5) is 17.3. The van der Waals surface area contributed by atoms with Crippen molar-refractivity contribution in [3.63, 3.8) is 0 Å². The van der Waals surface area contributed by atoms with Gasteiger partial charge in [0.2, 0.25) is 0 Å². The molecule has 0 aliphatic heterocycles. The smallest absolute Gasteiger partial charge is 0.270 e. The molecule has 0 saturated heterocycles. The number of halogens is 2. The molecule has 2 aromatic heterocycles. The first-order valence-electron chi connectivity index (χ1n) is 5.84. The number of thiazole rings is 1. The van der Waals surface area contributed by atoms with Crippen molar-refractivity contribution in [2.75, 3.05) is 20.1 Å². The lowest BCUT2D eigenvalue weighted by molar-refractivity contribution is 0.0949. The predicted molar refractivity (Wildman–Crippen MR) is 91.3 cm³/mol. The van der Waals surface area contributed by atoms with E-state index >= 15 is 0 Å². The van der Waals surface area contributed by atoms with Crippen molar-refractivity contribution in [2.45, 2.75) is 6.42 Å². The summed E-state index contributed by atoms with van der Waals surface area (Å²) in [5.41, 5.74) is 0.494. The predicted octanol–water partition coefficient (Wildman–Crippen LogP) is 3.40. The van der Waals surface area contributed by atoms with Gasteiger partial charge < -0.3 is 10.6 Å². The quantitative estimate of drug-likeness (QED) is 0.736. The van der Waals surface area contributed by atoms with Crippen molar-refractivity contribution in [2.24, 2.45) is 0 Å². The number of amides is 1. The third kappa shape index (κ3) is 4.82. The molecular formula is C12H15BrClN3OS2. The fourth-order valence-corrected chi connectivity index (χ4v) is 3.74. The van der Waals surface area contributed by atoms with E-state index in [1.165, 1.54) is 11.3 Å². The lowest BCUT2D eigenvalue weighted by Crippen LogP contribution is -2.26. The second-order valence-electron chi connectivity index (χ2n) is 3.85. The van der Waals surface area contributed by atoms with Crippen LogP contribution in [0.25, 0.3) is 9.88 Å². The first-order chi connectivity index (χ1) is 9.20. The Labute approximate surface area is 140 Å². The highest BCUT2D eigenvalue weighted by atomic mass is 79.9. The van der Waals surface area contributed by atoms with Gasteiger partial charge in [-0.15, -0.1) is 35.1 Å². The van der Waals surface area contributed by atoms with Crippen LogP contribution in [0.5, 0.6) is 0 Å². The molecule has 0 unspecified atom stereocenters. The summed E-state index contributed by atoms with van der Waals surface area (Å²) in [6.45, 7) is 1.56. The fourth-order valence-electron chi connectivity index (χ4n) is 1.48. The first-order valence-corrected chi connectivity index (χ1v) is 8.33. The van der Waals surface area contributed by atoms with Crippen LogP contribution in [0.15, 0.2) is 21.3 Å². The molecule has 0 aliphatic rings. The second kappa shape index (κ2) is 8.74. The van der Waals surface area contributed by atoms with Gasteiger partial charge in [0.25, 0.3) is 5.91 Å². The zero-order valence-corrected chi connectivity index (χ0v) is 14.8. The van der Waals surface area contributed by atoms with E-state index in [1.54, 1.807) is 16.7 Å². The number of thiophene rings is 1. The molecule has 2 aromatic rings. The molecule has 8 heteroatoms. The Bertz CT molecular complexity index is 558. The Morgan fingerprint density at radius 2 is 2.20 bits per heavy atom. The molecule has 0 fully saturated rings. The maximum Gasteiger partial charge on any atom is 0.270 e. The highest BCUT2D eigenvalue weighted by Crippen LogP contribution is 2.33.